The molecule has 2 fully saturated rings. The Hall–Kier alpha value is 0.130. The lowest BCUT2D eigenvalue weighted by molar-refractivity contribution is 0.289. The van der Waals surface area contributed by atoms with Gasteiger partial charge in [-0.05, 0) is 11.8 Å². The summed E-state index contributed by atoms with van der Waals surface area (Å²) in [5, 5.41) is 4.79. The van der Waals surface area contributed by atoms with E-state index in [1.54, 1.807) is 0 Å². The molecule has 3 nitrogen and oxygen atoms in total. The van der Waals surface area contributed by atoms with Gasteiger partial charge in [-0.3, -0.25) is 9.89 Å². The average molecular weight is 302 g/mol. The molecular formula is C14H27N3S2. The van der Waals surface area contributed by atoms with E-state index in [0.29, 0.717) is 11.5 Å². The molecule has 0 spiro atoms. The van der Waals surface area contributed by atoms with Crippen LogP contribution < -0.4 is 5.32 Å². The molecule has 2 aliphatic rings. The fourth-order valence-electron chi connectivity index (χ4n) is 2.39. The molecule has 2 heterocycles. The Morgan fingerprint density at radius 2 is 2.00 bits per heavy atom. The molecular weight excluding hydrogens is 274 g/mol. The lowest BCUT2D eigenvalue weighted by Gasteiger charge is -2.35. The summed E-state index contributed by atoms with van der Waals surface area (Å²) < 4.78 is 0. The van der Waals surface area contributed by atoms with Gasteiger partial charge < -0.3 is 5.32 Å². The molecule has 2 saturated heterocycles. The smallest absolute Gasteiger partial charge is 0.156 e. The molecule has 0 aromatic heterocycles. The van der Waals surface area contributed by atoms with E-state index in [4.69, 9.17) is 4.99 Å². The van der Waals surface area contributed by atoms with Crippen LogP contribution in [-0.2, 0) is 0 Å². The quantitative estimate of drug-likeness (QED) is 0.867. The van der Waals surface area contributed by atoms with E-state index in [1.807, 2.05) is 11.8 Å². The second-order valence-electron chi connectivity index (χ2n) is 6.34. The van der Waals surface area contributed by atoms with Crippen LogP contribution >= 0.6 is 23.5 Å². The lowest BCUT2D eigenvalue weighted by atomic mass is 9.85. The van der Waals surface area contributed by atoms with Crippen molar-refractivity contribution in [3.8, 4) is 0 Å². The van der Waals surface area contributed by atoms with E-state index in [1.165, 1.54) is 36.8 Å². The van der Waals surface area contributed by atoms with Crippen LogP contribution in [0.3, 0.4) is 0 Å². The highest BCUT2D eigenvalue weighted by Gasteiger charge is 2.28. The Balaban J connectivity index is 1.75. The number of rotatable bonds is 3. The fourth-order valence-corrected chi connectivity index (χ4v) is 4.33. The van der Waals surface area contributed by atoms with Gasteiger partial charge in [0.05, 0.1) is 6.54 Å². The molecule has 1 N–H and O–H groups in total. The monoisotopic (exact) mass is 301 g/mol. The molecule has 2 aliphatic heterocycles. The molecule has 5 heteroatoms. The zero-order chi connectivity index (χ0) is 13.7. The normalized spacial score (nSPS) is 28.4. The summed E-state index contributed by atoms with van der Waals surface area (Å²) in [4.78, 5) is 7.30. The zero-order valence-corrected chi connectivity index (χ0v) is 14.1. The number of nitrogens with one attached hydrogen (secondary N) is 1. The van der Waals surface area contributed by atoms with Gasteiger partial charge in [0, 0.05) is 42.9 Å². The van der Waals surface area contributed by atoms with Gasteiger partial charge in [0.15, 0.2) is 5.17 Å². The molecule has 0 aromatic carbocycles. The summed E-state index contributed by atoms with van der Waals surface area (Å²) >= 11 is 3.96. The first-order valence-corrected chi connectivity index (χ1v) is 9.43. The maximum absolute atomic E-state index is 4.76. The Morgan fingerprint density at radius 1 is 1.26 bits per heavy atom. The Labute approximate surface area is 126 Å². The highest BCUT2D eigenvalue weighted by molar-refractivity contribution is 8.13. The summed E-state index contributed by atoms with van der Waals surface area (Å²) in [7, 11) is 0. The van der Waals surface area contributed by atoms with E-state index in [0.717, 1.165) is 18.3 Å². The van der Waals surface area contributed by atoms with E-state index >= 15 is 0 Å². The Kier molecular flexibility index (Phi) is 5.90. The minimum Gasteiger partial charge on any atom is -0.362 e. The predicted molar refractivity (Wildman–Crippen MR) is 89.5 cm³/mol. The zero-order valence-electron chi connectivity index (χ0n) is 12.4. The van der Waals surface area contributed by atoms with Crippen LogP contribution in [0.15, 0.2) is 4.99 Å². The van der Waals surface area contributed by atoms with E-state index < -0.39 is 0 Å². The number of thioether (sulfide) groups is 2. The van der Waals surface area contributed by atoms with Gasteiger partial charge in [0.2, 0.25) is 0 Å². The molecule has 0 amide bonds. The molecule has 0 aromatic rings. The van der Waals surface area contributed by atoms with Crippen LogP contribution in [0.25, 0.3) is 0 Å². The summed E-state index contributed by atoms with van der Waals surface area (Å²) in [6, 6.07) is 0.568. The van der Waals surface area contributed by atoms with Crippen molar-refractivity contribution < 1.29 is 0 Å². The first kappa shape index (κ1) is 15.5. The van der Waals surface area contributed by atoms with Crippen molar-refractivity contribution in [1.29, 1.82) is 0 Å². The number of hydrogen-bond donors (Lipinski definition) is 1. The first-order valence-electron chi connectivity index (χ1n) is 7.29. The number of nitrogens with zero attached hydrogens (tertiary/aromatic N) is 2. The van der Waals surface area contributed by atoms with Gasteiger partial charge in [0.1, 0.15) is 0 Å². The second-order valence-corrected chi connectivity index (χ2v) is 8.65. The minimum atomic E-state index is 0.325. The van der Waals surface area contributed by atoms with Gasteiger partial charge in [-0.2, -0.15) is 11.8 Å². The summed E-state index contributed by atoms with van der Waals surface area (Å²) in [5.41, 5.74) is 0.325. The number of aliphatic imine (C=N–C) groups is 1. The van der Waals surface area contributed by atoms with E-state index in [-0.39, 0.29) is 0 Å². The van der Waals surface area contributed by atoms with Crippen LogP contribution in [-0.4, -0.2) is 59.5 Å². The largest absolute Gasteiger partial charge is 0.362 e. The third-order valence-electron chi connectivity index (χ3n) is 3.76. The van der Waals surface area contributed by atoms with Gasteiger partial charge >= 0.3 is 0 Å². The molecule has 1 atom stereocenters. The average Bonchev–Trinajstić information content (AvgIpc) is 2.39. The molecule has 0 aliphatic carbocycles. The number of hydrogen-bond acceptors (Lipinski definition) is 4. The summed E-state index contributed by atoms with van der Waals surface area (Å²) in [6.07, 6.45) is 1.25. The van der Waals surface area contributed by atoms with Gasteiger partial charge in [-0.15, -0.1) is 0 Å². The van der Waals surface area contributed by atoms with Crippen LogP contribution in [0.4, 0.5) is 0 Å². The minimum absolute atomic E-state index is 0.325. The maximum Gasteiger partial charge on any atom is 0.156 e. The predicted octanol–water partition coefficient (Wildman–Crippen LogP) is 2.53. The van der Waals surface area contributed by atoms with Gasteiger partial charge in [0.25, 0.3) is 0 Å². The van der Waals surface area contributed by atoms with Crippen molar-refractivity contribution in [3.05, 3.63) is 0 Å². The van der Waals surface area contributed by atoms with Crippen LogP contribution in [0, 0.1) is 5.41 Å². The standard InChI is InChI=1S/C14H27N3S2/c1-14(2,3)12-4-9-19-13(16-12)15-5-6-17-7-10-18-11-8-17/h12H,4-11H2,1-3H3,(H,15,16). The highest BCUT2D eigenvalue weighted by Crippen LogP contribution is 2.27. The highest BCUT2D eigenvalue weighted by atomic mass is 32.2. The van der Waals surface area contributed by atoms with Crippen molar-refractivity contribution in [3.63, 3.8) is 0 Å². The van der Waals surface area contributed by atoms with Crippen LogP contribution in [0.5, 0.6) is 0 Å². The fraction of sp³-hybridized carbons (Fsp3) is 0.929. The number of amidine groups is 1. The summed E-state index contributed by atoms with van der Waals surface area (Å²) in [6.45, 7) is 11.5. The van der Waals surface area contributed by atoms with E-state index in [9.17, 15) is 0 Å². The van der Waals surface area contributed by atoms with Crippen LogP contribution in [0.1, 0.15) is 27.2 Å². The van der Waals surface area contributed by atoms with Crippen molar-refractivity contribution in [2.24, 2.45) is 10.4 Å². The van der Waals surface area contributed by atoms with Crippen molar-refractivity contribution in [1.82, 2.24) is 10.2 Å². The summed E-state index contributed by atoms with van der Waals surface area (Å²) in [5.74, 6) is 3.78. The van der Waals surface area contributed by atoms with Gasteiger partial charge in [-0.25, -0.2) is 0 Å². The van der Waals surface area contributed by atoms with E-state index in [2.05, 4.69) is 42.7 Å². The lowest BCUT2D eigenvalue weighted by Crippen LogP contribution is -2.46. The molecule has 19 heavy (non-hydrogen) atoms. The SMILES string of the molecule is CC(C)(C)C1CCSC(=NCCN2CCSCC2)N1. The molecule has 0 saturated carbocycles. The molecule has 0 radical (unpaired) electrons. The van der Waals surface area contributed by atoms with Crippen molar-refractivity contribution >= 4 is 28.7 Å². The molecule has 1 unspecified atom stereocenters. The second kappa shape index (κ2) is 7.23. The van der Waals surface area contributed by atoms with Crippen molar-refractivity contribution in [2.45, 2.75) is 33.2 Å². The first-order chi connectivity index (χ1) is 9.05. The molecule has 2 rings (SSSR count). The Bertz CT molecular complexity index is 306. The van der Waals surface area contributed by atoms with Crippen LogP contribution in [0.2, 0.25) is 0 Å². The van der Waals surface area contributed by atoms with Gasteiger partial charge in [-0.1, -0.05) is 32.5 Å². The molecule has 110 valence electrons. The third kappa shape index (κ3) is 5.20. The topological polar surface area (TPSA) is 27.6 Å². The Morgan fingerprint density at radius 3 is 2.68 bits per heavy atom. The third-order valence-corrected chi connectivity index (χ3v) is 5.67. The molecule has 0 bridgehead atoms. The van der Waals surface area contributed by atoms with Crippen molar-refractivity contribution in [2.75, 3.05) is 43.4 Å². The maximum atomic E-state index is 4.76.